The average molecular weight is 499 g/mol. The Kier molecular flexibility index (Phi) is 10.4. The number of benzene rings is 2. The molecular formula is C29H46O3Si2. The first-order chi connectivity index (χ1) is 15.8. The van der Waals surface area contributed by atoms with Crippen LogP contribution in [0.5, 0.6) is 0 Å². The molecule has 0 fully saturated rings. The fourth-order valence-corrected chi connectivity index (χ4v) is 6.24. The smallest absolute Gasteiger partial charge is 0.171 e. The second-order valence-corrected chi connectivity index (χ2v) is 16.6. The van der Waals surface area contributed by atoms with Crippen molar-refractivity contribution < 1.29 is 13.6 Å². The molecule has 34 heavy (non-hydrogen) atoms. The van der Waals surface area contributed by atoms with Crippen LogP contribution >= 0.6 is 0 Å². The van der Waals surface area contributed by atoms with Crippen LogP contribution < -0.4 is 0 Å². The van der Waals surface area contributed by atoms with E-state index < -0.39 is 18.1 Å². The van der Waals surface area contributed by atoms with E-state index in [2.05, 4.69) is 98.1 Å². The highest BCUT2D eigenvalue weighted by Crippen LogP contribution is 2.45. The summed E-state index contributed by atoms with van der Waals surface area (Å²) in [5.74, 6) is 0. The van der Waals surface area contributed by atoms with Gasteiger partial charge in [0.05, 0.1) is 18.5 Å². The van der Waals surface area contributed by atoms with E-state index in [-0.39, 0.29) is 23.0 Å². The Morgan fingerprint density at radius 1 is 0.735 bits per heavy atom. The van der Waals surface area contributed by atoms with Gasteiger partial charge in [-0.05, 0) is 71.4 Å². The first-order valence-corrected chi connectivity index (χ1v) is 18.1. The van der Waals surface area contributed by atoms with Gasteiger partial charge in [-0.2, -0.15) is 0 Å². The Labute approximate surface area is 212 Å². The molecule has 0 aliphatic carbocycles. The molecule has 0 saturated heterocycles. The van der Waals surface area contributed by atoms with Gasteiger partial charge in [-0.3, -0.25) is 0 Å². The largest absolute Gasteiger partial charge is 0.496 e. The van der Waals surface area contributed by atoms with E-state index in [1.54, 1.807) is 6.26 Å². The maximum absolute atomic E-state index is 6.69. The van der Waals surface area contributed by atoms with Crippen LogP contribution in [0.25, 0.3) is 6.08 Å². The topological polar surface area (TPSA) is 27.7 Å². The maximum Gasteiger partial charge on any atom is 0.171 e. The molecule has 0 spiro atoms. The summed E-state index contributed by atoms with van der Waals surface area (Å²) < 4.78 is 19.2. The highest BCUT2D eigenvalue weighted by atomic mass is 28.3. The van der Waals surface area contributed by atoms with Crippen molar-refractivity contribution in [2.45, 2.75) is 86.5 Å². The summed E-state index contributed by atoms with van der Waals surface area (Å²) in [7, 11) is -2.53. The molecule has 0 aliphatic rings. The lowest BCUT2D eigenvalue weighted by molar-refractivity contribution is 0.0656. The summed E-state index contributed by atoms with van der Waals surface area (Å²) in [6, 6.07) is 17.0. The van der Waals surface area contributed by atoms with Crippen molar-refractivity contribution in [2.75, 3.05) is 0 Å². The summed E-state index contributed by atoms with van der Waals surface area (Å²) in [4.78, 5) is 0. The van der Waals surface area contributed by atoms with Crippen molar-refractivity contribution in [1.29, 1.82) is 0 Å². The summed E-state index contributed by atoms with van der Waals surface area (Å²) in [5, 5.41) is 0. The van der Waals surface area contributed by atoms with Gasteiger partial charge in [0, 0.05) is 0 Å². The Morgan fingerprint density at radius 3 is 1.76 bits per heavy atom. The van der Waals surface area contributed by atoms with E-state index in [0.29, 0.717) is 6.61 Å². The lowest BCUT2D eigenvalue weighted by atomic mass is 9.77. The Bertz CT molecular complexity index is 909. The molecule has 2 atom stereocenters. The number of hydrogen-bond acceptors (Lipinski definition) is 3. The van der Waals surface area contributed by atoms with Gasteiger partial charge in [0.2, 0.25) is 0 Å². The fourth-order valence-electron chi connectivity index (χ4n) is 4.04. The molecular weight excluding hydrogens is 452 g/mol. The van der Waals surface area contributed by atoms with Gasteiger partial charge in [-0.15, -0.1) is 0 Å². The predicted molar refractivity (Wildman–Crippen MR) is 151 cm³/mol. The minimum Gasteiger partial charge on any atom is -0.496 e. The highest BCUT2D eigenvalue weighted by Gasteiger charge is 2.35. The predicted octanol–water partition coefficient (Wildman–Crippen LogP) is 8.05. The van der Waals surface area contributed by atoms with Gasteiger partial charge in [0.25, 0.3) is 0 Å². The van der Waals surface area contributed by atoms with Gasteiger partial charge < -0.3 is 13.6 Å². The average Bonchev–Trinajstić information content (AvgIpc) is 2.72. The maximum atomic E-state index is 6.69. The van der Waals surface area contributed by atoms with E-state index in [1.165, 1.54) is 11.1 Å². The molecule has 5 heteroatoms. The minimum atomic E-state index is -1.27. The number of hydrogen-bond donors (Lipinski definition) is 0. The van der Waals surface area contributed by atoms with E-state index in [1.807, 2.05) is 24.3 Å². The van der Waals surface area contributed by atoms with Crippen molar-refractivity contribution in [1.82, 2.24) is 0 Å². The third kappa shape index (κ3) is 8.84. The van der Waals surface area contributed by atoms with Crippen LogP contribution in [0.15, 0.2) is 54.8 Å². The van der Waals surface area contributed by atoms with Crippen LogP contribution in [0.4, 0.5) is 0 Å². The van der Waals surface area contributed by atoms with Crippen molar-refractivity contribution in [2.24, 2.45) is 10.8 Å². The van der Waals surface area contributed by atoms with Crippen molar-refractivity contribution in [3.63, 3.8) is 0 Å². The Hall–Kier alpha value is -1.67. The molecule has 0 saturated carbocycles. The number of rotatable bonds is 10. The lowest BCUT2D eigenvalue weighted by Crippen LogP contribution is -2.31. The van der Waals surface area contributed by atoms with Crippen molar-refractivity contribution >= 4 is 24.2 Å². The fraction of sp³-hybridized carbons (Fsp3) is 0.517. The van der Waals surface area contributed by atoms with E-state index in [9.17, 15) is 0 Å². The van der Waals surface area contributed by atoms with Crippen LogP contribution in [0.3, 0.4) is 0 Å². The summed E-state index contributed by atoms with van der Waals surface area (Å²) in [6.45, 7) is 23.2. The monoisotopic (exact) mass is 498 g/mol. The second-order valence-electron chi connectivity index (χ2n) is 11.8. The third-order valence-corrected chi connectivity index (χ3v) is 7.15. The Morgan fingerprint density at radius 2 is 1.26 bits per heavy atom. The van der Waals surface area contributed by atoms with Crippen LogP contribution in [0, 0.1) is 10.8 Å². The molecule has 0 bridgehead atoms. The molecule has 2 aromatic carbocycles. The minimum absolute atomic E-state index is 0.00929. The van der Waals surface area contributed by atoms with Gasteiger partial charge in [-0.1, -0.05) is 84.0 Å². The Balaban J connectivity index is 2.47. The van der Waals surface area contributed by atoms with Gasteiger partial charge in [0.15, 0.2) is 18.1 Å². The molecule has 188 valence electrons. The van der Waals surface area contributed by atoms with Crippen LogP contribution in [-0.4, -0.2) is 18.1 Å². The first-order valence-electron chi connectivity index (χ1n) is 12.6. The van der Waals surface area contributed by atoms with E-state index >= 15 is 0 Å². The molecule has 3 nitrogen and oxygen atoms in total. The van der Waals surface area contributed by atoms with E-state index in [4.69, 9.17) is 13.6 Å². The molecule has 0 radical (unpaired) electrons. The zero-order chi connectivity index (χ0) is 25.5. The third-order valence-electron chi connectivity index (χ3n) is 5.51. The van der Waals surface area contributed by atoms with Gasteiger partial charge in [-0.25, -0.2) is 0 Å². The van der Waals surface area contributed by atoms with Gasteiger partial charge >= 0.3 is 0 Å². The molecule has 2 unspecified atom stereocenters. The van der Waals surface area contributed by atoms with Crippen molar-refractivity contribution in [3.8, 4) is 0 Å². The van der Waals surface area contributed by atoms with Crippen LogP contribution in [0.2, 0.25) is 26.2 Å². The molecule has 2 aromatic rings. The zero-order valence-electron chi connectivity index (χ0n) is 23.0. The van der Waals surface area contributed by atoms with Crippen LogP contribution in [-0.2, 0) is 20.2 Å². The van der Waals surface area contributed by atoms with Crippen molar-refractivity contribution in [3.05, 3.63) is 77.0 Å². The number of ether oxygens (including phenoxy) is 1. The summed E-state index contributed by atoms with van der Waals surface area (Å²) >= 11 is 0. The second kappa shape index (κ2) is 12.3. The molecule has 0 amide bonds. The quantitative estimate of drug-likeness (QED) is 0.245. The SMILES string of the molecule is C[SiH](C)OC(c1ccc(C=COCc2ccccc2)cc1C(O[SiH](C)C)C(C)(C)C)C(C)(C)C. The zero-order valence-corrected chi connectivity index (χ0v) is 25.3. The molecule has 0 aliphatic heterocycles. The van der Waals surface area contributed by atoms with Gasteiger partial charge in [0.1, 0.15) is 6.61 Å². The molecule has 0 aromatic heterocycles. The molecule has 2 rings (SSSR count). The summed E-state index contributed by atoms with van der Waals surface area (Å²) in [5.41, 5.74) is 4.73. The standard InChI is InChI=1S/C29H46O3Si2/c1-28(2,3)26(31-33(7)8)24-17-16-22(18-19-30-21-23-14-12-11-13-15-23)20-25(24)27(29(4,5)6)32-34(9)10/h11-20,26-27,33-34H,21H2,1-10H3. The molecule has 0 heterocycles. The normalized spacial score (nSPS) is 14.7. The van der Waals surface area contributed by atoms with Crippen LogP contribution in [0.1, 0.15) is 76.0 Å². The lowest BCUT2D eigenvalue weighted by Gasteiger charge is -2.39. The molecule has 0 N–H and O–H groups in total. The first kappa shape index (κ1) is 28.6. The van der Waals surface area contributed by atoms with E-state index in [0.717, 1.165) is 11.1 Å². The highest BCUT2D eigenvalue weighted by molar-refractivity contribution is 6.48. The summed E-state index contributed by atoms with van der Waals surface area (Å²) in [6.07, 6.45) is 3.89.